The zero-order chi connectivity index (χ0) is 17.4. The van der Waals surface area contributed by atoms with E-state index in [1.807, 2.05) is 25.1 Å². The summed E-state index contributed by atoms with van der Waals surface area (Å²) in [5.41, 5.74) is 1.36. The van der Waals surface area contributed by atoms with Crippen LogP contribution < -0.4 is 5.32 Å². The summed E-state index contributed by atoms with van der Waals surface area (Å²) in [6, 6.07) is 1.93. The molecule has 132 valence electrons. The van der Waals surface area contributed by atoms with Crippen LogP contribution in [0.15, 0.2) is 12.3 Å². The third-order valence-corrected chi connectivity index (χ3v) is 6.37. The quantitative estimate of drug-likeness (QED) is 0.836. The Kier molecular flexibility index (Phi) is 4.66. The summed E-state index contributed by atoms with van der Waals surface area (Å²) in [5.74, 6) is 7.95. The van der Waals surface area contributed by atoms with Gasteiger partial charge in [-0.2, -0.15) is 0 Å². The number of nitrogens with zero attached hydrogens (tertiary/aromatic N) is 2. The van der Waals surface area contributed by atoms with E-state index in [2.05, 4.69) is 28.2 Å². The number of alkyl halides is 1. The molecule has 0 radical (unpaired) electrons. The second-order valence-corrected chi connectivity index (χ2v) is 8.31. The SMILES string of the molecule is CC#Cc1sc2c(NC3CCN(C)CC3F)nccc2c1CC1CC1. The van der Waals surface area contributed by atoms with Gasteiger partial charge >= 0.3 is 0 Å². The van der Waals surface area contributed by atoms with Crippen LogP contribution in [-0.4, -0.2) is 42.2 Å². The monoisotopic (exact) mass is 357 g/mol. The van der Waals surface area contributed by atoms with Gasteiger partial charge in [0.05, 0.1) is 15.6 Å². The molecular formula is C20H24FN3S. The van der Waals surface area contributed by atoms with E-state index >= 15 is 0 Å². The topological polar surface area (TPSA) is 28.2 Å². The maximum absolute atomic E-state index is 14.4. The fourth-order valence-electron chi connectivity index (χ4n) is 3.60. The summed E-state index contributed by atoms with van der Waals surface area (Å²) < 4.78 is 15.5. The molecule has 3 heterocycles. The fourth-order valence-corrected chi connectivity index (χ4v) is 4.78. The summed E-state index contributed by atoms with van der Waals surface area (Å²) in [4.78, 5) is 7.73. The molecule has 1 aliphatic heterocycles. The minimum Gasteiger partial charge on any atom is -0.363 e. The van der Waals surface area contributed by atoms with Gasteiger partial charge in [-0.3, -0.25) is 0 Å². The first-order chi connectivity index (χ1) is 12.2. The van der Waals surface area contributed by atoms with Crippen molar-refractivity contribution in [3.8, 4) is 11.8 Å². The standard InChI is InChI=1S/C20H24FN3S/c1-3-4-18-15(11-13-5-6-13)14-7-9-22-20(19(14)25-18)23-17-8-10-24(2)12-16(17)21/h7,9,13,16-17H,5-6,8,10-12H2,1-2H3,(H,22,23). The molecule has 1 saturated heterocycles. The van der Waals surface area contributed by atoms with Crippen LogP contribution in [-0.2, 0) is 6.42 Å². The number of likely N-dealkylation sites (tertiary alicyclic amines) is 1. The molecule has 2 aromatic heterocycles. The van der Waals surface area contributed by atoms with Crippen molar-refractivity contribution in [2.45, 2.75) is 44.8 Å². The Labute approximate surface area is 152 Å². The fraction of sp³-hybridized carbons (Fsp3) is 0.550. The van der Waals surface area contributed by atoms with Gasteiger partial charge in [0.1, 0.15) is 12.0 Å². The van der Waals surface area contributed by atoms with E-state index in [4.69, 9.17) is 0 Å². The molecule has 1 saturated carbocycles. The van der Waals surface area contributed by atoms with Crippen molar-refractivity contribution in [3.05, 3.63) is 22.7 Å². The van der Waals surface area contributed by atoms with Gasteiger partial charge in [-0.1, -0.05) is 5.92 Å². The Hall–Kier alpha value is -1.64. The average molecular weight is 357 g/mol. The van der Waals surface area contributed by atoms with Crippen molar-refractivity contribution in [1.82, 2.24) is 9.88 Å². The molecule has 4 rings (SSSR count). The molecule has 0 bridgehead atoms. The molecule has 25 heavy (non-hydrogen) atoms. The highest BCUT2D eigenvalue weighted by atomic mass is 32.1. The zero-order valence-corrected chi connectivity index (χ0v) is 15.6. The minimum atomic E-state index is -0.864. The normalized spacial score (nSPS) is 24.1. The Balaban J connectivity index is 1.68. The van der Waals surface area contributed by atoms with Crippen LogP contribution in [0.25, 0.3) is 10.1 Å². The Morgan fingerprint density at radius 3 is 2.96 bits per heavy atom. The van der Waals surface area contributed by atoms with E-state index in [1.54, 1.807) is 11.3 Å². The number of pyridine rings is 1. The largest absolute Gasteiger partial charge is 0.363 e. The summed E-state index contributed by atoms with van der Waals surface area (Å²) in [5, 5.41) is 4.64. The molecule has 0 amide bonds. The molecule has 2 unspecified atom stereocenters. The third kappa shape index (κ3) is 3.51. The maximum atomic E-state index is 14.4. The molecule has 1 N–H and O–H groups in total. The molecule has 2 aromatic rings. The summed E-state index contributed by atoms with van der Waals surface area (Å²) >= 11 is 1.70. The number of hydrogen-bond donors (Lipinski definition) is 1. The number of thiophene rings is 1. The number of rotatable bonds is 4. The highest BCUT2D eigenvalue weighted by Crippen LogP contribution is 2.41. The third-order valence-electron chi connectivity index (χ3n) is 5.20. The second kappa shape index (κ2) is 6.93. The van der Waals surface area contributed by atoms with E-state index < -0.39 is 6.17 Å². The molecule has 2 atom stereocenters. The van der Waals surface area contributed by atoms with Gasteiger partial charge in [0.15, 0.2) is 0 Å². The Bertz CT molecular complexity index is 831. The van der Waals surface area contributed by atoms with Gasteiger partial charge in [-0.25, -0.2) is 9.37 Å². The van der Waals surface area contributed by atoms with E-state index in [0.717, 1.165) is 40.7 Å². The van der Waals surface area contributed by atoms with Gasteiger partial charge in [0.25, 0.3) is 0 Å². The van der Waals surface area contributed by atoms with Crippen molar-refractivity contribution in [2.24, 2.45) is 5.92 Å². The Morgan fingerprint density at radius 1 is 1.40 bits per heavy atom. The lowest BCUT2D eigenvalue weighted by molar-refractivity contribution is 0.149. The second-order valence-electron chi connectivity index (χ2n) is 7.29. The molecule has 0 aromatic carbocycles. The minimum absolute atomic E-state index is 0.163. The average Bonchev–Trinajstić information content (AvgIpc) is 3.34. The molecule has 2 aliphatic rings. The van der Waals surface area contributed by atoms with Gasteiger partial charge in [-0.15, -0.1) is 17.3 Å². The molecule has 2 fully saturated rings. The Morgan fingerprint density at radius 2 is 2.24 bits per heavy atom. The number of halogens is 1. The van der Waals surface area contributed by atoms with Crippen LogP contribution in [0.1, 0.15) is 36.6 Å². The number of fused-ring (bicyclic) bond motifs is 1. The lowest BCUT2D eigenvalue weighted by Crippen LogP contribution is -2.46. The lowest BCUT2D eigenvalue weighted by Gasteiger charge is -2.33. The van der Waals surface area contributed by atoms with Crippen LogP contribution in [0.2, 0.25) is 0 Å². The van der Waals surface area contributed by atoms with Crippen LogP contribution in [0, 0.1) is 17.8 Å². The van der Waals surface area contributed by atoms with E-state index in [0.29, 0.717) is 6.54 Å². The maximum Gasteiger partial charge on any atom is 0.144 e. The van der Waals surface area contributed by atoms with Gasteiger partial charge in [0.2, 0.25) is 0 Å². The predicted molar refractivity (Wildman–Crippen MR) is 103 cm³/mol. The molecule has 1 aliphatic carbocycles. The van der Waals surface area contributed by atoms with E-state index in [1.165, 1.54) is 23.8 Å². The van der Waals surface area contributed by atoms with Crippen molar-refractivity contribution < 1.29 is 4.39 Å². The van der Waals surface area contributed by atoms with Gasteiger partial charge < -0.3 is 10.2 Å². The number of piperidine rings is 1. The summed E-state index contributed by atoms with van der Waals surface area (Å²) in [6.45, 7) is 3.28. The number of aromatic nitrogens is 1. The summed E-state index contributed by atoms with van der Waals surface area (Å²) in [7, 11) is 1.97. The molecule has 5 heteroatoms. The number of hydrogen-bond acceptors (Lipinski definition) is 4. The predicted octanol–water partition coefficient (Wildman–Crippen LogP) is 4.07. The smallest absolute Gasteiger partial charge is 0.144 e. The van der Waals surface area contributed by atoms with Crippen LogP contribution in [0.3, 0.4) is 0 Å². The highest BCUT2D eigenvalue weighted by Gasteiger charge is 2.29. The highest BCUT2D eigenvalue weighted by molar-refractivity contribution is 7.20. The number of nitrogens with one attached hydrogen (secondary N) is 1. The first-order valence-corrected chi connectivity index (χ1v) is 9.89. The van der Waals surface area contributed by atoms with Crippen LogP contribution in [0.5, 0.6) is 0 Å². The first kappa shape index (κ1) is 16.8. The van der Waals surface area contributed by atoms with Crippen molar-refractivity contribution in [2.75, 3.05) is 25.5 Å². The van der Waals surface area contributed by atoms with Crippen molar-refractivity contribution in [1.29, 1.82) is 0 Å². The summed E-state index contributed by atoms with van der Waals surface area (Å²) in [6.07, 6.45) is 5.54. The first-order valence-electron chi connectivity index (χ1n) is 9.08. The molecule has 0 spiro atoms. The van der Waals surface area contributed by atoms with Gasteiger partial charge in [-0.05, 0) is 57.2 Å². The van der Waals surface area contributed by atoms with Crippen LogP contribution >= 0.6 is 11.3 Å². The molecule has 3 nitrogen and oxygen atoms in total. The van der Waals surface area contributed by atoms with Crippen molar-refractivity contribution in [3.63, 3.8) is 0 Å². The molecular weight excluding hydrogens is 333 g/mol. The van der Waals surface area contributed by atoms with Crippen LogP contribution in [0.4, 0.5) is 10.2 Å². The number of anilines is 1. The van der Waals surface area contributed by atoms with E-state index in [-0.39, 0.29) is 6.04 Å². The lowest BCUT2D eigenvalue weighted by atomic mass is 10.0. The zero-order valence-electron chi connectivity index (χ0n) is 14.8. The van der Waals surface area contributed by atoms with E-state index in [9.17, 15) is 4.39 Å². The van der Waals surface area contributed by atoms with Crippen molar-refractivity contribution >= 4 is 27.2 Å². The van der Waals surface area contributed by atoms with Gasteiger partial charge in [0, 0.05) is 24.7 Å².